The minimum atomic E-state index is 0.355. The summed E-state index contributed by atoms with van der Waals surface area (Å²) in [6.45, 7) is 5.79. The molecule has 1 saturated heterocycles. The zero-order chi connectivity index (χ0) is 13.7. The summed E-state index contributed by atoms with van der Waals surface area (Å²) in [5.74, 6) is 0. The average molecular weight is 283 g/mol. The molecule has 1 aromatic rings. The molecule has 1 heterocycles. The lowest BCUT2D eigenvalue weighted by molar-refractivity contribution is 0.115. The van der Waals surface area contributed by atoms with Gasteiger partial charge in [0.25, 0.3) is 0 Å². The van der Waals surface area contributed by atoms with Crippen LogP contribution in [-0.4, -0.2) is 32.8 Å². The molecule has 1 aromatic carbocycles. The number of halogens is 1. The Morgan fingerprint density at radius 2 is 2.32 bits per heavy atom. The van der Waals surface area contributed by atoms with Gasteiger partial charge in [-0.3, -0.25) is 0 Å². The first kappa shape index (κ1) is 14.6. The molecule has 2 rings (SSSR count). The highest BCUT2D eigenvalue weighted by atomic mass is 35.5. The first-order valence-electron chi connectivity index (χ1n) is 7.04. The Kier molecular flexibility index (Phi) is 5.49. The van der Waals surface area contributed by atoms with Crippen molar-refractivity contribution in [3.8, 4) is 0 Å². The predicted octanol–water partition coefficient (Wildman–Crippen LogP) is 3.06. The van der Waals surface area contributed by atoms with E-state index in [9.17, 15) is 0 Å². The van der Waals surface area contributed by atoms with Gasteiger partial charge in [-0.05, 0) is 44.5 Å². The van der Waals surface area contributed by atoms with Crippen molar-refractivity contribution in [1.29, 1.82) is 0 Å². The van der Waals surface area contributed by atoms with Crippen molar-refractivity contribution in [2.45, 2.75) is 32.4 Å². The standard InChI is InChI=1S/C15H23ClN2O/c1-3-18(11-13-5-4-8-19-13)15-7-6-12(10-17-2)9-14(15)16/h6-7,9,13,17H,3-5,8,10-11H2,1-2H3. The Labute approximate surface area is 120 Å². The topological polar surface area (TPSA) is 24.5 Å². The largest absolute Gasteiger partial charge is 0.376 e. The lowest BCUT2D eigenvalue weighted by atomic mass is 10.1. The van der Waals surface area contributed by atoms with Crippen molar-refractivity contribution in [3.05, 3.63) is 28.8 Å². The molecule has 0 saturated carbocycles. The summed E-state index contributed by atoms with van der Waals surface area (Å²) >= 11 is 6.41. The van der Waals surface area contributed by atoms with Crippen LogP contribution in [0, 0.1) is 0 Å². The maximum Gasteiger partial charge on any atom is 0.0750 e. The second-order valence-corrected chi connectivity index (χ2v) is 5.40. The Morgan fingerprint density at radius 1 is 1.47 bits per heavy atom. The van der Waals surface area contributed by atoms with E-state index in [4.69, 9.17) is 16.3 Å². The summed E-state index contributed by atoms with van der Waals surface area (Å²) in [5, 5.41) is 3.97. The molecule has 0 aromatic heterocycles. The maximum atomic E-state index is 6.41. The van der Waals surface area contributed by atoms with Crippen LogP contribution >= 0.6 is 11.6 Å². The second kappa shape index (κ2) is 7.13. The highest BCUT2D eigenvalue weighted by Crippen LogP contribution is 2.28. The van der Waals surface area contributed by atoms with Gasteiger partial charge in [0.05, 0.1) is 16.8 Å². The van der Waals surface area contributed by atoms with Crippen molar-refractivity contribution in [1.82, 2.24) is 5.32 Å². The summed E-state index contributed by atoms with van der Waals surface area (Å²) in [6, 6.07) is 6.30. The van der Waals surface area contributed by atoms with Gasteiger partial charge in [0.2, 0.25) is 0 Å². The predicted molar refractivity (Wildman–Crippen MR) is 81.1 cm³/mol. The number of ether oxygens (including phenoxy) is 1. The molecule has 0 bridgehead atoms. The van der Waals surface area contributed by atoms with E-state index in [0.717, 1.165) is 43.4 Å². The molecule has 0 radical (unpaired) electrons. The Bertz CT molecular complexity index is 405. The lowest BCUT2D eigenvalue weighted by Gasteiger charge is -2.27. The van der Waals surface area contributed by atoms with E-state index in [2.05, 4.69) is 29.3 Å². The van der Waals surface area contributed by atoms with E-state index in [-0.39, 0.29) is 0 Å². The quantitative estimate of drug-likeness (QED) is 0.868. The van der Waals surface area contributed by atoms with Gasteiger partial charge in [-0.1, -0.05) is 17.7 Å². The Hall–Kier alpha value is -0.770. The van der Waals surface area contributed by atoms with Crippen molar-refractivity contribution < 1.29 is 4.74 Å². The third kappa shape index (κ3) is 3.85. The molecule has 0 amide bonds. The summed E-state index contributed by atoms with van der Waals surface area (Å²) in [5.41, 5.74) is 2.32. The zero-order valence-corrected chi connectivity index (χ0v) is 12.5. The average Bonchev–Trinajstić information content (AvgIpc) is 2.90. The minimum Gasteiger partial charge on any atom is -0.376 e. The van der Waals surface area contributed by atoms with Crippen LogP contribution in [0.3, 0.4) is 0 Å². The van der Waals surface area contributed by atoms with Crippen molar-refractivity contribution in [3.63, 3.8) is 0 Å². The molecule has 1 aliphatic heterocycles. The molecule has 0 aliphatic carbocycles. The van der Waals surface area contributed by atoms with E-state index in [1.54, 1.807) is 0 Å². The van der Waals surface area contributed by atoms with Crippen molar-refractivity contribution >= 4 is 17.3 Å². The minimum absolute atomic E-state index is 0.355. The lowest BCUT2D eigenvalue weighted by Crippen LogP contribution is -2.32. The van der Waals surface area contributed by atoms with Crippen LogP contribution in [0.15, 0.2) is 18.2 Å². The monoisotopic (exact) mass is 282 g/mol. The Balaban J connectivity index is 2.08. The molecule has 1 N–H and O–H groups in total. The molecule has 1 fully saturated rings. The Morgan fingerprint density at radius 3 is 2.89 bits per heavy atom. The molecule has 0 spiro atoms. The van der Waals surface area contributed by atoms with Crippen LogP contribution in [0.2, 0.25) is 5.02 Å². The summed E-state index contributed by atoms with van der Waals surface area (Å²) in [7, 11) is 1.94. The molecule has 3 nitrogen and oxygen atoms in total. The third-order valence-corrected chi connectivity index (χ3v) is 3.87. The SMILES string of the molecule is CCN(CC1CCCO1)c1ccc(CNC)cc1Cl. The molecular weight excluding hydrogens is 260 g/mol. The van der Waals surface area contributed by atoms with Gasteiger partial charge in [-0.15, -0.1) is 0 Å². The number of nitrogens with one attached hydrogen (secondary N) is 1. The molecule has 1 unspecified atom stereocenters. The molecule has 4 heteroatoms. The van der Waals surface area contributed by atoms with Crippen molar-refractivity contribution in [2.24, 2.45) is 0 Å². The first-order chi connectivity index (χ1) is 9.24. The summed E-state index contributed by atoms with van der Waals surface area (Å²) in [4.78, 5) is 2.31. The number of rotatable bonds is 6. The number of benzene rings is 1. The normalized spacial score (nSPS) is 18.8. The highest BCUT2D eigenvalue weighted by Gasteiger charge is 2.19. The second-order valence-electron chi connectivity index (χ2n) is 4.99. The smallest absolute Gasteiger partial charge is 0.0750 e. The van der Waals surface area contributed by atoms with Crippen LogP contribution in [-0.2, 0) is 11.3 Å². The van der Waals surface area contributed by atoms with E-state index >= 15 is 0 Å². The molecular formula is C15H23ClN2O. The fourth-order valence-corrected chi connectivity index (χ4v) is 2.88. The first-order valence-corrected chi connectivity index (χ1v) is 7.42. The molecule has 1 aliphatic rings. The van der Waals surface area contributed by atoms with Crippen LogP contribution in [0.25, 0.3) is 0 Å². The highest BCUT2D eigenvalue weighted by molar-refractivity contribution is 6.33. The molecule has 1 atom stereocenters. The van der Waals surface area contributed by atoms with Gasteiger partial charge in [0, 0.05) is 26.2 Å². The van der Waals surface area contributed by atoms with Gasteiger partial charge in [-0.2, -0.15) is 0 Å². The number of nitrogens with zero attached hydrogens (tertiary/aromatic N) is 1. The van der Waals surface area contributed by atoms with Crippen molar-refractivity contribution in [2.75, 3.05) is 31.6 Å². The van der Waals surface area contributed by atoms with E-state index in [1.165, 1.54) is 12.0 Å². The van der Waals surface area contributed by atoms with Crippen LogP contribution < -0.4 is 10.2 Å². The zero-order valence-electron chi connectivity index (χ0n) is 11.8. The summed E-state index contributed by atoms with van der Waals surface area (Å²) in [6.07, 6.45) is 2.69. The van der Waals surface area contributed by atoms with E-state index in [0.29, 0.717) is 6.10 Å². The van der Waals surface area contributed by atoms with Gasteiger partial charge < -0.3 is 15.0 Å². The molecule has 19 heavy (non-hydrogen) atoms. The van der Waals surface area contributed by atoms with E-state index in [1.807, 2.05) is 13.1 Å². The fourth-order valence-electron chi connectivity index (χ4n) is 2.55. The van der Waals surface area contributed by atoms with Gasteiger partial charge >= 0.3 is 0 Å². The van der Waals surface area contributed by atoms with Crippen LogP contribution in [0.5, 0.6) is 0 Å². The number of likely N-dealkylation sites (N-methyl/N-ethyl adjacent to an activating group) is 1. The number of hydrogen-bond donors (Lipinski definition) is 1. The molecule has 106 valence electrons. The van der Waals surface area contributed by atoms with Gasteiger partial charge in [0.15, 0.2) is 0 Å². The maximum absolute atomic E-state index is 6.41. The number of anilines is 1. The van der Waals surface area contributed by atoms with Gasteiger partial charge in [-0.25, -0.2) is 0 Å². The van der Waals surface area contributed by atoms with Crippen LogP contribution in [0.1, 0.15) is 25.3 Å². The number of hydrogen-bond acceptors (Lipinski definition) is 3. The van der Waals surface area contributed by atoms with Gasteiger partial charge in [0.1, 0.15) is 0 Å². The third-order valence-electron chi connectivity index (χ3n) is 3.56. The summed E-state index contributed by atoms with van der Waals surface area (Å²) < 4.78 is 5.71. The van der Waals surface area contributed by atoms with Crippen LogP contribution in [0.4, 0.5) is 5.69 Å². The van der Waals surface area contributed by atoms with E-state index < -0.39 is 0 Å². The fraction of sp³-hybridized carbons (Fsp3) is 0.600.